The first-order valence-electron chi connectivity index (χ1n) is 31.4. The third-order valence-corrected chi connectivity index (χ3v) is 13.7. The summed E-state index contributed by atoms with van der Waals surface area (Å²) in [6, 6.07) is 0. The standard InChI is InChI=1S/C67H118O6/c1-4-7-10-13-16-19-22-24-26-27-28-29-30-31-32-33-34-35-36-37-38-39-41-42-45-48-51-54-57-60-66(69)72-63-64(62-71-65(68)59-56-53-50-47-44-21-18-15-12-9-6-3)73-67(70)61-58-55-52-49-46-43-40-25-23-20-17-14-11-8-5-2/h8,11,15,17-18,20,25,40,46,49,55,58,64H,4-7,9-10,12-14,16,19,21-24,26-39,41-45,47-48,50-54,56-57,59-63H2,1-3H3/b11-8-,18-15-,20-17-,40-25-,49-46-,58-55-. The van der Waals surface area contributed by atoms with Gasteiger partial charge in [0, 0.05) is 12.8 Å². The third kappa shape index (κ3) is 59.6. The summed E-state index contributed by atoms with van der Waals surface area (Å²) >= 11 is 0. The van der Waals surface area contributed by atoms with Gasteiger partial charge in [0.2, 0.25) is 0 Å². The van der Waals surface area contributed by atoms with Crippen molar-refractivity contribution in [2.24, 2.45) is 0 Å². The van der Waals surface area contributed by atoms with Gasteiger partial charge in [-0.15, -0.1) is 0 Å². The number of carbonyl (C=O) groups excluding carboxylic acids is 3. The minimum atomic E-state index is -0.831. The molecule has 0 aliphatic carbocycles. The van der Waals surface area contributed by atoms with Crippen LogP contribution in [-0.4, -0.2) is 37.2 Å². The monoisotopic (exact) mass is 1020 g/mol. The van der Waals surface area contributed by atoms with Crippen LogP contribution in [0.3, 0.4) is 0 Å². The number of rotatable bonds is 57. The van der Waals surface area contributed by atoms with Crippen LogP contribution in [0.4, 0.5) is 0 Å². The summed E-state index contributed by atoms with van der Waals surface area (Å²) in [6.45, 7) is 6.43. The van der Waals surface area contributed by atoms with Crippen molar-refractivity contribution in [1.29, 1.82) is 0 Å². The maximum atomic E-state index is 12.8. The summed E-state index contributed by atoms with van der Waals surface area (Å²) in [4.78, 5) is 38.1. The molecular weight excluding hydrogens is 901 g/mol. The lowest BCUT2D eigenvalue weighted by Crippen LogP contribution is -2.30. The van der Waals surface area contributed by atoms with Crippen LogP contribution in [0.2, 0.25) is 0 Å². The molecule has 0 rings (SSSR count). The fourth-order valence-electron chi connectivity index (χ4n) is 9.03. The fourth-order valence-corrected chi connectivity index (χ4v) is 9.03. The quantitative estimate of drug-likeness (QED) is 0.0261. The molecule has 0 fully saturated rings. The van der Waals surface area contributed by atoms with E-state index in [1.54, 1.807) is 6.08 Å². The molecule has 6 nitrogen and oxygen atoms in total. The smallest absolute Gasteiger partial charge is 0.310 e. The van der Waals surface area contributed by atoms with Gasteiger partial charge in [-0.3, -0.25) is 14.4 Å². The molecule has 0 spiro atoms. The number of ether oxygens (including phenoxy) is 3. The van der Waals surface area contributed by atoms with Crippen molar-refractivity contribution in [3.63, 3.8) is 0 Å². The fraction of sp³-hybridized carbons (Fsp3) is 0.776. The molecule has 0 N–H and O–H groups in total. The Kier molecular flexibility index (Phi) is 58.7. The van der Waals surface area contributed by atoms with Crippen LogP contribution in [0.15, 0.2) is 72.9 Å². The van der Waals surface area contributed by atoms with Crippen LogP contribution in [0.1, 0.15) is 316 Å². The number of hydrogen-bond acceptors (Lipinski definition) is 6. The van der Waals surface area contributed by atoms with E-state index in [-0.39, 0.29) is 31.6 Å². The molecule has 0 aromatic rings. The molecule has 6 heteroatoms. The van der Waals surface area contributed by atoms with Gasteiger partial charge in [0.15, 0.2) is 6.10 Å². The Morgan fingerprint density at radius 3 is 0.932 bits per heavy atom. The van der Waals surface area contributed by atoms with Gasteiger partial charge in [-0.05, 0) is 64.2 Å². The van der Waals surface area contributed by atoms with Crippen LogP contribution in [0.5, 0.6) is 0 Å². The van der Waals surface area contributed by atoms with E-state index >= 15 is 0 Å². The number of allylic oxidation sites excluding steroid dienone is 11. The summed E-state index contributed by atoms with van der Waals surface area (Å²) in [7, 11) is 0. The molecule has 0 heterocycles. The number of carbonyl (C=O) groups is 3. The van der Waals surface area contributed by atoms with Crippen LogP contribution < -0.4 is 0 Å². The van der Waals surface area contributed by atoms with Crippen molar-refractivity contribution in [3.8, 4) is 0 Å². The minimum Gasteiger partial charge on any atom is -0.462 e. The molecule has 0 aliphatic rings. The first-order chi connectivity index (χ1) is 36.0. The molecule has 422 valence electrons. The van der Waals surface area contributed by atoms with Crippen molar-refractivity contribution in [3.05, 3.63) is 72.9 Å². The second kappa shape index (κ2) is 61.4. The molecular formula is C67H118O6. The average molecular weight is 1020 g/mol. The molecule has 1 unspecified atom stereocenters. The highest BCUT2D eigenvalue weighted by Gasteiger charge is 2.19. The third-order valence-electron chi connectivity index (χ3n) is 13.7. The zero-order chi connectivity index (χ0) is 52.9. The number of unbranched alkanes of at least 4 members (excludes halogenated alkanes) is 35. The Hall–Kier alpha value is -3.15. The van der Waals surface area contributed by atoms with Gasteiger partial charge in [-0.2, -0.15) is 0 Å². The largest absolute Gasteiger partial charge is 0.462 e. The summed E-state index contributed by atoms with van der Waals surface area (Å²) < 4.78 is 16.7. The number of hydrogen-bond donors (Lipinski definition) is 0. The second-order valence-corrected chi connectivity index (χ2v) is 21.0. The van der Waals surface area contributed by atoms with Crippen molar-refractivity contribution >= 4 is 17.9 Å². The summed E-state index contributed by atoms with van der Waals surface area (Å²) in [6.07, 6.45) is 79.7. The van der Waals surface area contributed by atoms with Crippen molar-refractivity contribution in [2.75, 3.05) is 13.2 Å². The molecule has 0 bridgehead atoms. The van der Waals surface area contributed by atoms with E-state index in [1.807, 2.05) is 6.08 Å². The summed E-state index contributed by atoms with van der Waals surface area (Å²) in [5, 5.41) is 0. The molecule has 0 saturated carbocycles. The Morgan fingerprint density at radius 2 is 0.589 bits per heavy atom. The van der Waals surface area contributed by atoms with Gasteiger partial charge < -0.3 is 14.2 Å². The van der Waals surface area contributed by atoms with E-state index in [0.29, 0.717) is 12.8 Å². The first-order valence-corrected chi connectivity index (χ1v) is 31.4. The average Bonchev–Trinajstić information content (AvgIpc) is 3.39. The Morgan fingerprint density at radius 1 is 0.301 bits per heavy atom. The molecule has 0 aromatic heterocycles. The maximum absolute atomic E-state index is 12.8. The predicted octanol–water partition coefficient (Wildman–Crippen LogP) is 21.3. The zero-order valence-corrected chi connectivity index (χ0v) is 48.4. The van der Waals surface area contributed by atoms with E-state index in [2.05, 4.69) is 81.5 Å². The zero-order valence-electron chi connectivity index (χ0n) is 48.4. The molecule has 1 atom stereocenters. The maximum Gasteiger partial charge on any atom is 0.310 e. The highest BCUT2D eigenvalue weighted by atomic mass is 16.6. The van der Waals surface area contributed by atoms with Crippen molar-refractivity contribution < 1.29 is 28.6 Å². The lowest BCUT2D eigenvalue weighted by molar-refractivity contribution is -0.166. The topological polar surface area (TPSA) is 78.9 Å². The molecule has 0 radical (unpaired) electrons. The molecule has 0 saturated heterocycles. The van der Waals surface area contributed by atoms with Crippen molar-refractivity contribution in [2.45, 2.75) is 322 Å². The van der Waals surface area contributed by atoms with Crippen LogP contribution >= 0.6 is 0 Å². The van der Waals surface area contributed by atoms with Gasteiger partial charge in [0.05, 0.1) is 6.42 Å². The van der Waals surface area contributed by atoms with E-state index in [0.717, 1.165) is 83.5 Å². The van der Waals surface area contributed by atoms with E-state index in [1.165, 1.54) is 193 Å². The Labute approximate surface area is 453 Å². The van der Waals surface area contributed by atoms with Crippen LogP contribution in [0, 0.1) is 0 Å². The van der Waals surface area contributed by atoms with Gasteiger partial charge >= 0.3 is 17.9 Å². The summed E-state index contributed by atoms with van der Waals surface area (Å²) in [5.41, 5.74) is 0. The van der Waals surface area contributed by atoms with Crippen molar-refractivity contribution in [1.82, 2.24) is 0 Å². The molecule has 0 aliphatic heterocycles. The molecule has 73 heavy (non-hydrogen) atoms. The van der Waals surface area contributed by atoms with E-state index in [4.69, 9.17) is 14.2 Å². The normalized spacial score (nSPS) is 12.5. The highest BCUT2D eigenvalue weighted by molar-refractivity contribution is 5.72. The highest BCUT2D eigenvalue weighted by Crippen LogP contribution is 2.17. The molecule has 0 amide bonds. The Bertz CT molecular complexity index is 1360. The van der Waals surface area contributed by atoms with Gasteiger partial charge in [0.25, 0.3) is 0 Å². The minimum absolute atomic E-state index is 0.0973. The van der Waals surface area contributed by atoms with Crippen LogP contribution in [0.25, 0.3) is 0 Å². The second-order valence-electron chi connectivity index (χ2n) is 21.0. The molecule has 0 aromatic carbocycles. The lowest BCUT2D eigenvalue weighted by Gasteiger charge is -2.18. The first kappa shape index (κ1) is 69.8. The van der Waals surface area contributed by atoms with Gasteiger partial charge in [0.1, 0.15) is 13.2 Å². The van der Waals surface area contributed by atoms with Gasteiger partial charge in [-0.25, -0.2) is 0 Å². The summed E-state index contributed by atoms with van der Waals surface area (Å²) in [5.74, 6) is -1.05. The Balaban J connectivity index is 4.19. The van der Waals surface area contributed by atoms with Gasteiger partial charge in [-0.1, -0.05) is 306 Å². The van der Waals surface area contributed by atoms with E-state index in [9.17, 15) is 14.4 Å². The van der Waals surface area contributed by atoms with Crippen LogP contribution in [-0.2, 0) is 28.6 Å². The number of esters is 3. The predicted molar refractivity (Wildman–Crippen MR) is 316 cm³/mol. The SMILES string of the molecule is CC/C=C\C/C=C\C/C=C\C/C=C\C/C=C\CC(=O)OC(COC(=O)CCCCCCC/C=C\CCCC)COC(=O)CCCCCCCCCCCCCCCCCCCCCCCCCCCCCCC. The van der Waals surface area contributed by atoms with E-state index < -0.39 is 12.1 Å². The lowest BCUT2D eigenvalue weighted by atomic mass is 10.0.